The zero-order valence-corrected chi connectivity index (χ0v) is 13.6. The molecule has 0 radical (unpaired) electrons. The maximum Gasteiger partial charge on any atom is 0.252 e. The first kappa shape index (κ1) is 15.7. The minimum Gasteiger partial charge on any atom is -0.594 e. The molecule has 4 rings (SSSR count). The standard InChI is InChI=1S/C20H14N4O2/c21-23(25)17-11-9-13-5-1-3-7-15(13)19(17)20-16-8-4-2-6-14(16)10-12-18(20)24(22)26/h1-12,21-22H. The van der Waals surface area contributed by atoms with Crippen molar-refractivity contribution in [3.8, 4) is 11.1 Å². The summed E-state index contributed by atoms with van der Waals surface area (Å²) in [5.41, 5.74) is 16.4. The molecule has 0 atom stereocenters. The van der Waals surface area contributed by atoms with Crippen LogP contribution in [0.5, 0.6) is 0 Å². The van der Waals surface area contributed by atoms with E-state index in [-0.39, 0.29) is 21.1 Å². The highest BCUT2D eigenvalue weighted by Crippen LogP contribution is 2.44. The van der Waals surface area contributed by atoms with E-state index in [2.05, 4.69) is 0 Å². The van der Waals surface area contributed by atoms with Crippen LogP contribution in [0.4, 0.5) is 11.4 Å². The summed E-state index contributed by atoms with van der Waals surface area (Å²) in [6.45, 7) is 0. The van der Waals surface area contributed by atoms with Gasteiger partial charge in [0.15, 0.2) is 0 Å². The number of nitrogens with zero attached hydrogens (tertiary/aromatic N) is 2. The smallest absolute Gasteiger partial charge is 0.252 e. The average molecular weight is 342 g/mol. The van der Waals surface area contributed by atoms with Crippen LogP contribution in [0.25, 0.3) is 32.7 Å². The molecule has 26 heavy (non-hydrogen) atoms. The highest BCUT2D eigenvalue weighted by atomic mass is 16.5. The predicted octanol–water partition coefficient (Wildman–Crippen LogP) is 6.01. The van der Waals surface area contributed by atoms with E-state index >= 15 is 0 Å². The molecular formula is C20H14N4O2. The molecule has 0 amide bonds. The van der Waals surface area contributed by atoms with Crippen molar-refractivity contribution in [1.82, 2.24) is 0 Å². The molecule has 6 nitrogen and oxygen atoms in total. The molecule has 0 heterocycles. The fourth-order valence-electron chi connectivity index (χ4n) is 3.38. The Morgan fingerprint density at radius 3 is 1.31 bits per heavy atom. The van der Waals surface area contributed by atoms with Gasteiger partial charge in [0.25, 0.3) is 11.4 Å². The molecule has 4 aromatic rings. The van der Waals surface area contributed by atoms with Gasteiger partial charge in [-0.05, 0) is 44.7 Å². The normalized spacial score (nSPS) is 10.9. The SMILES string of the molecule is N=[N+]([O-])c1ccc2ccccc2c1-c1c([N+](=N)[O-])ccc2ccccc12. The maximum absolute atomic E-state index is 11.9. The number of hydrogen-bond donors (Lipinski definition) is 2. The van der Waals surface area contributed by atoms with Crippen molar-refractivity contribution in [1.29, 1.82) is 11.1 Å². The Bertz CT molecular complexity index is 1110. The molecule has 126 valence electrons. The van der Waals surface area contributed by atoms with Crippen LogP contribution in [-0.2, 0) is 0 Å². The topological polar surface area (TPSA) is 99.8 Å². The minimum atomic E-state index is 0.0480. The number of fused-ring (bicyclic) bond motifs is 2. The summed E-state index contributed by atoms with van der Waals surface area (Å²) in [7, 11) is 0. The van der Waals surface area contributed by atoms with Gasteiger partial charge in [0, 0.05) is 12.1 Å². The Labute approximate surface area is 148 Å². The van der Waals surface area contributed by atoms with Crippen LogP contribution < -0.4 is 0 Å². The van der Waals surface area contributed by atoms with Gasteiger partial charge in [-0.1, -0.05) is 58.3 Å². The zero-order chi connectivity index (χ0) is 18.3. The van der Waals surface area contributed by atoms with Gasteiger partial charge in [0.2, 0.25) is 0 Å². The zero-order valence-electron chi connectivity index (χ0n) is 13.6. The van der Waals surface area contributed by atoms with Crippen LogP contribution in [0.1, 0.15) is 0 Å². The Morgan fingerprint density at radius 1 is 0.538 bits per heavy atom. The van der Waals surface area contributed by atoms with E-state index in [0.29, 0.717) is 11.1 Å². The number of nitrogens with one attached hydrogen (secondary N) is 2. The summed E-state index contributed by atoms with van der Waals surface area (Å²) in [4.78, 5) is 0.0961. The fraction of sp³-hybridized carbons (Fsp3) is 0. The minimum absolute atomic E-state index is 0.0480. The van der Waals surface area contributed by atoms with Crippen LogP contribution in [0.2, 0.25) is 0 Å². The molecule has 0 saturated carbocycles. The summed E-state index contributed by atoms with van der Waals surface area (Å²) in [5.74, 6) is 0. The van der Waals surface area contributed by atoms with Crippen LogP contribution in [0, 0.1) is 21.5 Å². The van der Waals surface area contributed by atoms with Gasteiger partial charge in [-0.2, -0.15) is 0 Å². The highest BCUT2D eigenvalue weighted by molar-refractivity contribution is 6.11. The van der Waals surface area contributed by atoms with Crippen molar-refractivity contribution in [2.75, 3.05) is 0 Å². The van der Waals surface area contributed by atoms with Gasteiger partial charge in [-0.25, -0.2) is 0 Å². The average Bonchev–Trinajstić information content (AvgIpc) is 2.66. The summed E-state index contributed by atoms with van der Waals surface area (Å²) in [6, 6.07) is 21.7. The summed E-state index contributed by atoms with van der Waals surface area (Å²) >= 11 is 0. The van der Waals surface area contributed by atoms with E-state index in [1.54, 1.807) is 24.3 Å². The van der Waals surface area contributed by atoms with Crippen molar-refractivity contribution in [3.63, 3.8) is 0 Å². The molecule has 0 bridgehead atoms. The van der Waals surface area contributed by atoms with Crippen LogP contribution in [0.15, 0.2) is 72.8 Å². The van der Waals surface area contributed by atoms with Crippen molar-refractivity contribution in [2.24, 2.45) is 0 Å². The fourth-order valence-corrected chi connectivity index (χ4v) is 3.38. The first-order valence-electron chi connectivity index (χ1n) is 7.99. The molecule has 0 saturated heterocycles. The molecule has 6 heteroatoms. The third-order valence-electron chi connectivity index (χ3n) is 4.50. The molecule has 2 N–H and O–H groups in total. The maximum atomic E-state index is 11.9. The van der Waals surface area contributed by atoms with Crippen LogP contribution in [-0.4, -0.2) is 9.72 Å². The largest absolute Gasteiger partial charge is 0.594 e. The highest BCUT2D eigenvalue weighted by Gasteiger charge is 2.25. The Balaban J connectivity index is 2.27. The van der Waals surface area contributed by atoms with E-state index < -0.39 is 0 Å². The van der Waals surface area contributed by atoms with Gasteiger partial charge < -0.3 is 10.4 Å². The Morgan fingerprint density at radius 2 is 0.923 bits per heavy atom. The molecule has 0 aliphatic carbocycles. The Hall–Kier alpha value is -3.80. The van der Waals surface area contributed by atoms with Crippen LogP contribution in [0.3, 0.4) is 0 Å². The van der Waals surface area contributed by atoms with Gasteiger partial charge >= 0.3 is 0 Å². The monoisotopic (exact) mass is 342 g/mol. The lowest BCUT2D eigenvalue weighted by atomic mass is 9.91. The summed E-state index contributed by atoms with van der Waals surface area (Å²) < 4.78 is 0. The van der Waals surface area contributed by atoms with Gasteiger partial charge in [0.1, 0.15) is 0 Å². The first-order chi connectivity index (χ1) is 12.6. The number of rotatable bonds is 3. The molecule has 0 aliphatic heterocycles. The third-order valence-corrected chi connectivity index (χ3v) is 4.50. The van der Waals surface area contributed by atoms with E-state index in [0.717, 1.165) is 21.5 Å². The quantitative estimate of drug-likeness (QED) is 0.271. The molecular weight excluding hydrogens is 328 g/mol. The molecule has 0 aromatic heterocycles. The van der Waals surface area contributed by atoms with Crippen molar-refractivity contribution >= 4 is 32.9 Å². The molecule has 0 fully saturated rings. The number of hydrogen-bond acceptors (Lipinski definition) is 4. The second-order valence-corrected chi connectivity index (χ2v) is 5.95. The molecule has 0 aliphatic rings. The lowest BCUT2D eigenvalue weighted by molar-refractivity contribution is -0.466. The van der Waals surface area contributed by atoms with Gasteiger partial charge in [-0.3, -0.25) is 0 Å². The van der Waals surface area contributed by atoms with Crippen molar-refractivity contribution < 1.29 is 9.72 Å². The number of benzene rings is 4. The summed E-state index contributed by atoms with van der Waals surface area (Å²) in [6.07, 6.45) is 0. The van der Waals surface area contributed by atoms with E-state index in [9.17, 15) is 10.4 Å². The van der Waals surface area contributed by atoms with Crippen molar-refractivity contribution in [2.45, 2.75) is 0 Å². The van der Waals surface area contributed by atoms with E-state index in [1.807, 2.05) is 48.5 Å². The second-order valence-electron chi connectivity index (χ2n) is 5.95. The lowest BCUT2D eigenvalue weighted by Crippen LogP contribution is -1.98. The second kappa shape index (κ2) is 5.93. The Kier molecular flexibility index (Phi) is 3.58. The molecule has 0 unspecified atom stereocenters. The van der Waals surface area contributed by atoms with E-state index in [4.69, 9.17) is 11.1 Å². The first-order valence-corrected chi connectivity index (χ1v) is 7.99. The van der Waals surface area contributed by atoms with Gasteiger partial charge in [-0.15, -0.1) is 0 Å². The molecule has 0 spiro atoms. The van der Waals surface area contributed by atoms with Crippen LogP contribution >= 0.6 is 0 Å². The van der Waals surface area contributed by atoms with Gasteiger partial charge in [0.05, 0.1) is 11.1 Å². The molecule has 4 aromatic carbocycles. The third kappa shape index (κ3) is 2.36. The lowest BCUT2D eigenvalue weighted by Gasteiger charge is -2.14. The van der Waals surface area contributed by atoms with Crippen molar-refractivity contribution in [3.05, 3.63) is 83.2 Å². The summed E-state index contributed by atoms with van der Waals surface area (Å²) in [5, 5.41) is 27.2. The predicted molar refractivity (Wildman–Crippen MR) is 98.9 cm³/mol. The van der Waals surface area contributed by atoms with E-state index in [1.165, 1.54) is 0 Å².